The van der Waals surface area contributed by atoms with E-state index in [1.54, 1.807) is 18.2 Å². The molecule has 2 amide bonds. The number of carbonyl (C=O) groups is 1. The van der Waals surface area contributed by atoms with E-state index in [1.807, 2.05) is 30.3 Å². The van der Waals surface area contributed by atoms with E-state index in [-0.39, 0.29) is 17.2 Å². The van der Waals surface area contributed by atoms with E-state index < -0.39 is 15.9 Å². The summed E-state index contributed by atoms with van der Waals surface area (Å²) in [4.78, 5) is 11.3. The van der Waals surface area contributed by atoms with E-state index in [1.165, 1.54) is 12.3 Å². The number of amides is 2. The molecule has 0 saturated carbocycles. The Morgan fingerprint density at radius 3 is 2.33 bits per heavy atom. The molecule has 0 unspecified atom stereocenters. The minimum Gasteiger partial charge on any atom is -0.466 e. The van der Waals surface area contributed by atoms with Crippen molar-refractivity contribution in [3.63, 3.8) is 0 Å². The van der Waals surface area contributed by atoms with Crippen LogP contribution in [0.15, 0.2) is 70.2 Å². The van der Waals surface area contributed by atoms with Gasteiger partial charge in [-0.25, -0.2) is 13.2 Å². The Balaban J connectivity index is 2.24. The lowest BCUT2D eigenvalue weighted by atomic mass is 9.96. The lowest BCUT2D eigenvalue weighted by molar-refractivity contribution is -0.0511. The SMILES string of the molecule is CS(=O)(=O)c1ccccc1-c1coc(CN(O)C(N)=O)c1-c1ccccc1. The molecule has 3 rings (SSSR count). The molecule has 0 atom stereocenters. The molecule has 0 radical (unpaired) electrons. The van der Waals surface area contributed by atoms with Gasteiger partial charge < -0.3 is 10.2 Å². The van der Waals surface area contributed by atoms with Crippen LogP contribution in [0.1, 0.15) is 5.76 Å². The van der Waals surface area contributed by atoms with E-state index >= 15 is 0 Å². The Labute approximate surface area is 156 Å². The van der Waals surface area contributed by atoms with Gasteiger partial charge >= 0.3 is 6.03 Å². The van der Waals surface area contributed by atoms with Crippen molar-refractivity contribution >= 4 is 15.9 Å². The predicted molar refractivity (Wildman–Crippen MR) is 99.6 cm³/mol. The van der Waals surface area contributed by atoms with Crippen LogP contribution in [0, 0.1) is 0 Å². The minimum atomic E-state index is -3.48. The van der Waals surface area contributed by atoms with Crippen molar-refractivity contribution in [1.29, 1.82) is 0 Å². The lowest BCUT2D eigenvalue weighted by Gasteiger charge is -2.13. The second-order valence-electron chi connectivity index (χ2n) is 5.98. The van der Waals surface area contributed by atoms with E-state index in [2.05, 4.69) is 0 Å². The second-order valence-corrected chi connectivity index (χ2v) is 7.96. The van der Waals surface area contributed by atoms with E-state index in [9.17, 15) is 18.4 Å². The van der Waals surface area contributed by atoms with E-state index in [4.69, 9.17) is 10.2 Å². The fourth-order valence-corrected chi connectivity index (χ4v) is 3.76. The van der Waals surface area contributed by atoms with Crippen molar-refractivity contribution in [2.75, 3.05) is 6.26 Å². The maximum absolute atomic E-state index is 12.2. The molecule has 8 heteroatoms. The van der Waals surface area contributed by atoms with Gasteiger partial charge in [0.15, 0.2) is 9.84 Å². The Bertz CT molecular complexity index is 1070. The highest BCUT2D eigenvalue weighted by molar-refractivity contribution is 7.90. The van der Waals surface area contributed by atoms with Crippen LogP contribution in [0.3, 0.4) is 0 Å². The molecule has 0 aliphatic carbocycles. The van der Waals surface area contributed by atoms with Gasteiger partial charge in [-0.3, -0.25) is 5.21 Å². The molecule has 0 fully saturated rings. The molecule has 0 aliphatic heterocycles. The molecule has 1 aromatic heterocycles. The largest absolute Gasteiger partial charge is 0.466 e. The van der Waals surface area contributed by atoms with Crippen molar-refractivity contribution < 1.29 is 22.8 Å². The summed E-state index contributed by atoms with van der Waals surface area (Å²) in [6, 6.07) is 14.7. The fraction of sp³-hybridized carbons (Fsp3) is 0.105. The molecule has 2 aromatic carbocycles. The molecular formula is C19H18N2O5S. The molecule has 140 valence electrons. The zero-order valence-corrected chi connectivity index (χ0v) is 15.3. The van der Waals surface area contributed by atoms with Crippen LogP contribution in [0.2, 0.25) is 0 Å². The molecule has 7 nitrogen and oxygen atoms in total. The van der Waals surface area contributed by atoms with E-state index in [0.29, 0.717) is 21.8 Å². The molecule has 0 aliphatic rings. The molecule has 0 saturated heterocycles. The lowest BCUT2D eigenvalue weighted by Crippen LogP contribution is -2.32. The Kier molecular flexibility index (Phi) is 5.02. The van der Waals surface area contributed by atoms with Crippen molar-refractivity contribution in [2.24, 2.45) is 5.73 Å². The van der Waals surface area contributed by atoms with Gasteiger partial charge in [0.1, 0.15) is 12.3 Å². The van der Waals surface area contributed by atoms with Gasteiger partial charge in [0.05, 0.1) is 11.2 Å². The average Bonchev–Trinajstić information content (AvgIpc) is 3.05. The number of nitrogens with zero attached hydrogens (tertiary/aromatic N) is 1. The maximum atomic E-state index is 12.2. The van der Waals surface area contributed by atoms with E-state index in [0.717, 1.165) is 11.8 Å². The van der Waals surface area contributed by atoms with Gasteiger partial charge in [0.2, 0.25) is 0 Å². The Hall–Kier alpha value is -3.10. The highest BCUT2D eigenvalue weighted by Crippen LogP contribution is 2.39. The maximum Gasteiger partial charge on any atom is 0.338 e. The van der Waals surface area contributed by atoms with Gasteiger partial charge in [-0.2, -0.15) is 5.06 Å². The molecule has 0 spiro atoms. The molecular weight excluding hydrogens is 368 g/mol. The summed E-state index contributed by atoms with van der Waals surface area (Å²) in [7, 11) is -3.48. The van der Waals surface area contributed by atoms with Crippen molar-refractivity contribution in [1.82, 2.24) is 5.06 Å². The van der Waals surface area contributed by atoms with Crippen molar-refractivity contribution in [3.8, 4) is 22.3 Å². The van der Waals surface area contributed by atoms with Crippen LogP contribution in [-0.4, -0.2) is 31.0 Å². The van der Waals surface area contributed by atoms with Crippen LogP contribution < -0.4 is 5.73 Å². The number of hydrogen-bond acceptors (Lipinski definition) is 5. The molecule has 1 heterocycles. The topological polar surface area (TPSA) is 114 Å². The minimum absolute atomic E-state index is 0.158. The summed E-state index contributed by atoms with van der Waals surface area (Å²) < 4.78 is 30.0. The van der Waals surface area contributed by atoms with Crippen LogP contribution in [0.5, 0.6) is 0 Å². The normalized spacial score (nSPS) is 11.3. The number of sulfone groups is 1. The van der Waals surface area contributed by atoms with Gasteiger partial charge in [0, 0.05) is 22.9 Å². The number of carbonyl (C=O) groups excluding carboxylic acids is 1. The summed E-state index contributed by atoms with van der Waals surface area (Å²) in [5.41, 5.74) is 7.42. The second kappa shape index (κ2) is 7.26. The number of rotatable bonds is 5. The summed E-state index contributed by atoms with van der Waals surface area (Å²) >= 11 is 0. The Morgan fingerprint density at radius 1 is 1.07 bits per heavy atom. The number of hydrogen-bond donors (Lipinski definition) is 2. The molecule has 0 bridgehead atoms. The smallest absolute Gasteiger partial charge is 0.338 e. The monoisotopic (exact) mass is 386 g/mol. The standard InChI is InChI=1S/C19H18N2O5S/c1-27(24,25)17-10-6-5-9-14(17)15-12-26-16(11-21(23)19(20)22)18(15)13-7-3-2-4-8-13/h2-10,12,23H,11H2,1H3,(H2,20,22). The Morgan fingerprint density at radius 2 is 1.70 bits per heavy atom. The van der Waals surface area contributed by atoms with Crippen molar-refractivity contribution in [2.45, 2.75) is 11.4 Å². The first kappa shape index (κ1) is 18.7. The van der Waals surface area contributed by atoms with Crippen LogP contribution in [0.4, 0.5) is 4.79 Å². The van der Waals surface area contributed by atoms with Gasteiger partial charge in [-0.05, 0) is 11.6 Å². The first-order chi connectivity index (χ1) is 12.8. The van der Waals surface area contributed by atoms with Gasteiger partial charge in [-0.1, -0.05) is 48.5 Å². The van der Waals surface area contributed by atoms with Crippen molar-refractivity contribution in [3.05, 3.63) is 66.6 Å². The zero-order valence-electron chi connectivity index (χ0n) is 14.5. The third kappa shape index (κ3) is 3.86. The van der Waals surface area contributed by atoms with Gasteiger partial charge in [0.25, 0.3) is 0 Å². The fourth-order valence-electron chi connectivity index (χ4n) is 2.86. The van der Waals surface area contributed by atoms with Gasteiger partial charge in [-0.15, -0.1) is 0 Å². The highest BCUT2D eigenvalue weighted by Gasteiger charge is 2.23. The molecule has 27 heavy (non-hydrogen) atoms. The quantitative estimate of drug-likeness (QED) is 0.516. The molecule has 3 aromatic rings. The first-order valence-electron chi connectivity index (χ1n) is 8.00. The summed E-state index contributed by atoms with van der Waals surface area (Å²) in [5, 5.41) is 10.0. The molecule has 3 N–H and O–H groups in total. The summed E-state index contributed by atoms with van der Waals surface area (Å²) in [6.45, 7) is -0.277. The third-order valence-corrected chi connectivity index (χ3v) is 5.21. The third-order valence-electron chi connectivity index (χ3n) is 4.05. The zero-order chi connectivity index (χ0) is 19.6. The number of benzene rings is 2. The number of primary amides is 1. The average molecular weight is 386 g/mol. The number of hydroxylamine groups is 2. The number of nitrogens with two attached hydrogens (primary N) is 1. The predicted octanol–water partition coefficient (Wildman–Crippen LogP) is 3.29. The van der Waals surface area contributed by atoms with Crippen LogP contribution >= 0.6 is 0 Å². The van der Waals surface area contributed by atoms with Crippen LogP contribution in [0.25, 0.3) is 22.3 Å². The first-order valence-corrected chi connectivity index (χ1v) is 9.89. The summed E-state index contributed by atoms with van der Waals surface area (Å²) in [5.74, 6) is 0.279. The van der Waals surface area contributed by atoms with Crippen LogP contribution in [-0.2, 0) is 16.4 Å². The number of urea groups is 1. The summed E-state index contributed by atoms with van der Waals surface area (Å²) in [6.07, 6.45) is 2.55. The number of furan rings is 1. The highest BCUT2D eigenvalue weighted by atomic mass is 32.2.